The number of benzene rings is 2. The number of oxazole rings is 1. The first-order valence-electron chi connectivity index (χ1n) is 7.84. The molecule has 0 saturated heterocycles. The van der Waals surface area contributed by atoms with Gasteiger partial charge in [-0.05, 0) is 54.4 Å². The standard InChI is InChI=1S/C19H17Cl2NOS2/c1-12(2)11-24-19-18(25-16-9-7-15(21)8-10-16)22-17(23-19)13-3-5-14(20)6-4-13/h3-10,12H,11H2,1-2H3. The molecule has 0 saturated carbocycles. The van der Waals surface area contributed by atoms with Crippen LogP contribution < -0.4 is 0 Å². The summed E-state index contributed by atoms with van der Waals surface area (Å²) in [6, 6.07) is 15.3. The Hall–Kier alpha value is -1.07. The highest BCUT2D eigenvalue weighted by Crippen LogP contribution is 2.39. The van der Waals surface area contributed by atoms with Crippen molar-refractivity contribution >= 4 is 46.7 Å². The fourth-order valence-corrected chi connectivity index (χ4v) is 4.11. The lowest BCUT2D eigenvalue weighted by Crippen LogP contribution is -1.89. The van der Waals surface area contributed by atoms with E-state index < -0.39 is 0 Å². The van der Waals surface area contributed by atoms with E-state index in [4.69, 9.17) is 32.6 Å². The van der Waals surface area contributed by atoms with E-state index in [1.54, 1.807) is 23.5 Å². The van der Waals surface area contributed by atoms with E-state index in [1.807, 2.05) is 48.5 Å². The van der Waals surface area contributed by atoms with Crippen molar-refractivity contribution in [2.45, 2.75) is 28.9 Å². The predicted octanol–water partition coefficient (Wildman–Crippen LogP) is 7.55. The van der Waals surface area contributed by atoms with Crippen molar-refractivity contribution in [3.63, 3.8) is 0 Å². The largest absolute Gasteiger partial charge is 0.429 e. The summed E-state index contributed by atoms with van der Waals surface area (Å²) in [6.07, 6.45) is 0. The van der Waals surface area contributed by atoms with Crippen LogP contribution in [0.1, 0.15) is 13.8 Å². The highest BCUT2D eigenvalue weighted by molar-refractivity contribution is 8.02. The van der Waals surface area contributed by atoms with Crippen LogP contribution in [0.15, 0.2) is 68.0 Å². The molecule has 1 aromatic heterocycles. The topological polar surface area (TPSA) is 26.0 Å². The van der Waals surface area contributed by atoms with Crippen LogP contribution >= 0.6 is 46.7 Å². The number of hydrogen-bond donors (Lipinski definition) is 0. The van der Waals surface area contributed by atoms with E-state index in [0.717, 1.165) is 31.4 Å². The summed E-state index contributed by atoms with van der Waals surface area (Å²) < 4.78 is 6.05. The molecule has 3 aromatic rings. The quantitative estimate of drug-likeness (QED) is 0.392. The van der Waals surface area contributed by atoms with E-state index in [1.165, 1.54) is 0 Å². The fraction of sp³-hybridized carbons (Fsp3) is 0.211. The molecule has 0 N–H and O–H groups in total. The summed E-state index contributed by atoms with van der Waals surface area (Å²) in [5.41, 5.74) is 0.916. The molecule has 0 bridgehead atoms. The SMILES string of the molecule is CC(C)CSc1oc(-c2ccc(Cl)cc2)nc1Sc1ccc(Cl)cc1. The zero-order valence-electron chi connectivity index (χ0n) is 13.8. The summed E-state index contributed by atoms with van der Waals surface area (Å²) >= 11 is 15.2. The third-order valence-corrected chi connectivity index (χ3v) is 6.22. The van der Waals surface area contributed by atoms with E-state index >= 15 is 0 Å². The van der Waals surface area contributed by atoms with Gasteiger partial charge >= 0.3 is 0 Å². The van der Waals surface area contributed by atoms with Crippen molar-refractivity contribution in [2.24, 2.45) is 5.92 Å². The maximum atomic E-state index is 6.05. The molecule has 0 fully saturated rings. The maximum Gasteiger partial charge on any atom is 0.228 e. The lowest BCUT2D eigenvalue weighted by molar-refractivity contribution is 0.473. The van der Waals surface area contributed by atoms with Gasteiger partial charge in [-0.3, -0.25) is 0 Å². The first kappa shape index (κ1) is 18.7. The molecule has 0 aliphatic rings. The van der Waals surface area contributed by atoms with Crippen molar-refractivity contribution in [3.05, 3.63) is 58.6 Å². The van der Waals surface area contributed by atoms with Crippen molar-refractivity contribution in [2.75, 3.05) is 5.75 Å². The Balaban J connectivity index is 1.90. The predicted molar refractivity (Wildman–Crippen MR) is 108 cm³/mol. The molecule has 0 atom stereocenters. The summed E-state index contributed by atoms with van der Waals surface area (Å²) in [5.74, 6) is 2.16. The molecule has 25 heavy (non-hydrogen) atoms. The Labute approximate surface area is 166 Å². The third-order valence-electron chi connectivity index (χ3n) is 3.23. The van der Waals surface area contributed by atoms with Gasteiger partial charge in [0, 0.05) is 26.3 Å². The maximum absolute atomic E-state index is 6.05. The molecule has 6 heteroatoms. The van der Waals surface area contributed by atoms with Gasteiger partial charge in [-0.1, -0.05) is 60.6 Å². The van der Waals surface area contributed by atoms with Gasteiger partial charge in [0.25, 0.3) is 0 Å². The minimum absolute atomic E-state index is 0.572. The average molecular weight is 410 g/mol. The van der Waals surface area contributed by atoms with Crippen molar-refractivity contribution in [3.8, 4) is 11.5 Å². The normalized spacial score (nSPS) is 11.2. The molecule has 0 radical (unpaired) electrons. The molecule has 1 heterocycles. The number of thioether (sulfide) groups is 1. The van der Waals surface area contributed by atoms with Gasteiger partial charge < -0.3 is 4.42 Å². The Morgan fingerprint density at radius 1 is 0.960 bits per heavy atom. The zero-order chi connectivity index (χ0) is 17.8. The Kier molecular flexibility index (Phi) is 6.39. The van der Waals surface area contributed by atoms with Gasteiger partial charge in [0.15, 0.2) is 10.1 Å². The van der Waals surface area contributed by atoms with Crippen molar-refractivity contribution < 1.29 is 4.42 Å². The Morgan fingerprint density at radius 2 is 1.56 bits per heavy atom. The Morgan fingerprint density at radius 3 is 2.16 bits per heavy atom. The van der Waals surface area contributed by atoms with Crippen LogP contribution in [0.2, 0.25) is 10.0 Å². The number of halogens is 2. The van der Waals surface area contributed by atoms with Crippen LogP contribution in [0, 0.1) is 5.92 Å². The summed E-state index contributed by atoms with van der Waals surface area (Å²) in [7, 11) is 0. The van der Waals surface area contributed by atoms with Gasteiger partial charge in [0.05, 0.1) is 0 Å². The molecule has 0 aliphatic heterocycles. The van der Waals surface area contributed by atoms with Crippen molar-refractivity contribution in [1.29, 1.82) is 0 Å². The van der Waals surface area contributed by atoms with Crippen LogP contribution in [0.25, 0.3) is 11.5 Å². The first-order valence-corrected chi connectivity index (χ1v) is 10.4. The van der Waals surface area contributed by atoms with Crippen LogP contribution in [-0.4, -0.2) is 10.7 Å². The van der Waals surface area contributed by atoms with Gasteiger partial charge in [0.1, 0.15) is 0 Å². The molecule has 3 rings (SSSR count). The lowest BCUT2D eigenvalue weighted by Gasteiger charge is -2.03. The van der Waals surface area contributed by atoms with Crippen molar-refractivity contribution in [1.82, 2.24) is 4.98 Å². The summed E-state index contributed by atoms with van der Waals surface area (Å²) in [4.78, 5) is 5.78. The molecular weight excluding hydrogens is 393 g/mol. The minimum Gasteiger partial charge on any atom is -0.429 e. The van der Waals surface area contributed by atoms with Crippen LogP contribution in [0.4, 0.5) is 0 Å². The molecular formula is C19H17Cl2NOS2. The van der Waals surface area contributed by atoms with Crippen LogP contribution in [0.3, 0.4) is 0 Å². The van der Waals surface area contributed by atoms with E-state index in [2.05, 4.69) is 13.8 Å². The highest BCUT2D eigenvalue weighted by atomic mass is 35.5. The summed E-state index contributed by atoms with van der Waals surface area (Å²) in [6.45, 7) is 4.38. The van der Waals surface area contributed by atoms with Gasteiger partial charge in [-0.25, -0.2) is 4.98 Å². The minimum atomic E-state index is 0.572. The van der Waals surface area contributed by atoms with Gasteiger partial charge in [0.2, 0.25) is 5.89 Å². The first-order chi connectivity index (χ1) is 12.0. The lowest BCUT2D eigenvalue weighted by atomic mass is 10.2. The zero-order valence-corrected chi connectivity index (χ0v) is 17.0. The Bertz CT molecular complexity index is 830. The molecule has 0 aliphatic carbocycles. The van der Waals surface area contributed by atoms with E-state index in [9.17, 15) is 0 Å². The number of rotatable bonds is 6. The number of hydrogen-bond acceptors (Lipinski definition) is 4. The van der Waals surface area contributed by atoms with Crippen LogP contribution in [0.5, 0.6) is 0 Å². The smallest absolute Gasteiger partial charge is 0.228 e. The third kappa shape index (κ3) is 5.20. The summed E-state index contributed by atoms with van der Waals surface area (Å²) in [5, 5.41) is 3.14. The van der Waals surface area contributed by atoms with E-state index in [0.29, 0.717) is 16.8 Å². The van der Waals surface area contributed by atoms with Gasteiger partial charge in [-0.2, -0.15) is 0 Å². The molecule has 2 nitrogen and oxygen atoms in total. The van der Waals surface area contributed by atoms with Crippen LogP contribution in [-0.2, 0) is 0 Å². The molecule has 0 unspecified atom stereocenters. The highest BCUT2D eigenvalue weighted by Gasteiger charge is 2.17. The van der Waals surface area contributed by atoms with Gasteiger partial charge in [-0.15, -0.1) is 0 Å². The van der Waals surface area contributed by atoms with E-state index in [-0.39, 0.29) is 0 Å². The molecule has 0 amide bonds. The second kappa shape index (κ2) is 8.54. The average Bonchev–Trinajstić information content (AvgIpc) is 2.98. The number of nitrogens with zero attached hydrogens (tertiary/aromatic N) is 1. The second-order valence-electron chi connectivity index (χ2n) is 5.88. The molecule has 0 spiro atoms. The molecule has 2 aromatic carbocycles. The molecule has 130 valence electrons. The number of aromatic nitrogens is 1. The monoisotopic (exact) mass is 409 g/mol. The second-order valence-corrected chi connectivity index (χ2v) is 8.81. The fourth-order valence-electron chi connectivity index (χ4n) is 2.02.